The summed E-state index contributed by atoms with van der Waals surface area (Å²) in [6.07, 6.45) is 0.644. The first-order valence-electron chi connectivity index (χ1n) is 6.81. The second-order valence-corrected chi connectivity index (χ2v) is 4.71. The van der Waals surface area contributed by atoms with Crippen LogP contribution in [0.2, 0.25) is 0 Å². The molecule has 1 amide bonds. The molecule has 21 heavy (non-hydrogen) atoms. The Morgan fingerprint density at radius 3 is 2.29 bits per heavy atom. The van der Waals surface area contributed by atoms with Gasteiger partial charge in [0.1, 0.15) is 0 Å². The minimum absolute atomic E-state index is 0.0914. The van der Waals surface area contributed by atoms with Gasteiger partial charge in [0.25, 0.3) is 0 Å². The fourth-order valence-corrected chi connectivity index (χ4v) is 2.26. The van der Waals surface area contributed by atoms with Crippen molar-refractivity contribution in [2.45, 2.75) is 19.3 Å². The predicted octanol–water partition coefficient (Wildman–Crippen LogP) is 3.52. The number of carboxylic acids is 1. The lowest BCUT2D eigenvalue weighted by molar-refractivity contribution is -0.117. The van der Waals surface area contributed by atoms with Crippen LogP contribution in [0.15, 0.2) is 54.6 Å². The van der Waals surface area contributed by atoms with Gasteiger partial charge >= 0.3 is 5.97 Å². The number of hydrogen-bond donors (Lipinski definition) is 2. The lowest BCUT2D eigenvalue weighted by atomic mass is 9.95. The van der Waals surface area contributed by atoms with Crippen molar-refractivity contribution < 1.29 is 14.7 Å². The Morgan fingerprint density at radius 1 is 1.05 bits per heavy atom. The Balaban J connectivity index is 2.23. The van der Waals surface area contributed by atoms with E-state index in [0.29, 0.717) is 12.1 Å². The standard InChI is InChI=1S/C17H17NO3/c1-2-13(12-8-4-3-5-9-12)16(19)18-15-11-7-6-10-14(15)17(20)21/h3-11,13H,2H2,1H3,(H,18,19)(H,20,21)/t13-/m1/s1. The summed E-state index contributed by atoms with van der Waals surface area (Å²) < 4.78 is 0. The predicted molar refractivity (Wildman–Crippen MR) is 81.5 cm³/mol. The van der Waals surface area contributed by atoms with Gasteiger partial charge in [-0.15, -0.1) is 0 Å². The van der Waals surface area contributed by atoms with Gasteiger partial charge < -0.3 is 10.4 Å². The largest absolute Gasteiger partial charge is 0.478 e. The molecule has 2 rings (SSSR count). The summed E-state index contributed by atoms with van der Waals surface area (Å²) in [5.74, 6) is -1.55. The lowest BCUT2D eigenvalue weighted by Gasteiger charge is -2.16. The molecule has 0 saturated heterocycles. The van der Waals surface area contributed by atoms with E-state index in [9.17, 15) is 9.59 Å². The van der Waals surface area contributed by atoms with Crippen molar-refractivity contribution in [3.05, 3.63) is 65.7 Å². The van der Waals surface area contributed by atoms with Crippen LogP contribution in [0.5, 0.6) is 0 Å². The highest BCUT2D eigenvalue weighted by Gasteiger charge is 2.20. The third kappa shape index (κ3) is 3.48. The maximum Gasteiger partial charge on any atom is 0.337 e. The number of carbonyl (C=O) groups excluding carboxylic acids is 1. The summed E-state index contributed by atoms with van der Waals surface area (Å²) in [7, 11) is 0. The van der Waals surface area contributed by atoms with Crippen molar-refractivity contribution in [1.29, 1.82) is 0 Å². The van der Waals surface area contributed by atoms with Crippen LogP contribution in [0.4, 0.5) is 5.69 Å². The summed E-state index contributed by atoms with van der Waals surface area (Å²) in [4.78, 5) is 23.6. The van der Waals surface area contributed by atoms with Crippen LogP contribution in [0, 0.1) is 0 Å². The van der Waals surface area contributed by atoms with Crippen molar-refractivity contribution in [1.82, 2.24) is 0 Å². The second kappa shape index (κ2) is 6.70. The van der Waals surface area contributed by atoms with E-state index < -0.39 is 5.97 Å². The van der Waals surface area contributed by atoms with E-state index in [0.717, 1.165) is 5.56 Å². The minimum Gasteiger partial charge on any atom is -0.478 e. The molecule has 0 spiro atoms. The number of rotatable bonds is 5. The van der Waals surface area contributed by atoms with Crippen molar-refractivity contribution in [2.24, 2.45) is 0 Å². The summed E-state index contributed by atoms with van der Waals surface area (Å²) >= 11 is 0. The number of para-hydroxylation sites is 1. The van der Waals surface area contributed by atoms with Gasteiger partial charge in [-0.2, -0.15) is 0 Å². The number of anilines is 1. The summed E-state index contributed by atoms with van der Waals surface area (Å²) in [5.41, 5.74) is 1.34. The Kier molecular flexibility index (Phi) is 4.72. The Bertz CT molecular complexity index is 637. The molecule has 0 aliphatic rings. The van der Waals surface area contributed by atoms with Crippen LogP contribution in [0.1, 0.15) is 35.2 Å². The van der Waals surface area contributed by atoms with E-state index in [2.05, 4.69) is 5.32 Å². The van der Waals surface area contributed by atoms with Crippen LogP contribution >= 0.6 is 0 Å². The Labute approximate surface area is 123 Å². The van der Waals surface area contributed by atoms with E-state index >= 15 is 0 Å². The SMILES string of the molecule is CC[C@@H](C(=O)Nc1ccccc1C(=O)O)c1ccccc1. The molecular weight excluding hydrogens is 266 g/mol. The number of nitrogens with one attached hydrogen (secondary N) is 1. The van der Waals surface area contributed by atoms with Crippen LogP contribution in [-0.4, -0.2) is 17.0 Å². The molecule has 0 bridgehead atoms. The normalized spacial score (nSPS) is 11.7. The summed E-state index contributed by atoms with van der Waals surface area (Å²) in [6, 6.07) is 15.9. The fourth-order valence-electron chi connectivity index (χ4n) is 2.26. The topological polar surface area (TPSA) is 66.4 Å². The van der Waals surface area contributed by atoms with Crippen molar-refractivity contribution in [2.75, 3.05) is 5.32 Å². The molecule has 2 aromatic rings. The highest BCUT2D eigenvalue weighted by molar-refractivity contribution is 6.02. The maximum atomic E-state index is 12.4. The minimum atomic E-state index is -1.06. The molecule has 0 heterocycles. The molecule has 0 saturated carbocycles. The Hall–Kier alpha value is -2.62. The van der Waals surface area contributed by atoms with E-state index in [-0.39, 0.29) is 17.4 Å². The zero-order valence-electron chi connectivity index (χ0n) is 11.7. The summed E-state index contributed by atoms with van der Waals surface area (Å²) in [5, 5.41) is 11.9. The zero-order valence-corrected chi connectivity index (χ0v) is 11.7. The summed E-state index contributed by atoms with van der Waals surface area (Å²) in [6.45, 7) is 1.93. The molecule has 0 fully saturated rings. The lowest BCUT2D eigenvalue weighted by Crippen LogP contribution is -2.22. The number of amides is 1. The molecule has 2 aromatic carbocycles. The number of carbonyl (C=O) groups is 2. The molecule has 0 aliphatic heterocycles. The van der Waals surface area contributed by atoms with Crippen LogP contribution in [0.3, 0.4) is 0 Å². The molecule has 108 valence electrons. The molecule has 1 atom stereocenters. The van der Waals surface area contributed by atoms with Crippen molar-refractivity contribution in [3.8, 4) is 0 Å². The van der Waals surface area contributed by atoms with Gasteiger partial charge in [0, 0.05) is 0 Å². The first-order valence-corrected chi connectivity index (χ1v) is 6.81. The molecule has 0 aromatic heterocycles. The van der Waals surface area contributed by atoms with Crippen molar-refractivity contribution >= 4 is 17.6 Å². The maximum absolute atomic E-state index is 12.4. The monoisotopic (exact) mass is 283 g/mol. The van der Waals surface area contributed by atoms with Gasteiger partial charge in [-0.1, -0.05) is 49.4 Å². The highest BCUT2D eigenvalue weighted by Crippen LogP contribution is 2.23. The van der Waals surface area contributed by atoms with Gasteiger partial charge in [0.2, 0.25) is 5.91 Å². The van der Waals surface area contributed by atoms with Gasteiger partial charge in [0.15, 0.2) is 0 Å². The van der Waals surface area contributed by atoms with Crippen LogP contribution < -0.4 is 5.32 Å². The third-order valence-corrected chi connectivity index (χ3v) is 3.34. The zero-order chi connectivity index (χ0) is 15.2. The molecule has 2 N–H and O–H groups in total. The van der Waals surface area contributed by atoms with Gasteiger partial charge in [-0.05, 0) is 24.1 Å². The van der Waals surface area contributed by atoms with E-state index in [1.807, 2.05) is 37.3 Å². The first kappa shape index (κ1) is 14.8. The molecule has 4 heteroatoms. The fraction of sp³-hybridized carbons (Fsp3) is 0.176. The smallest absolute Gasteiger partial charge is 0.337 e. The third-order valence-electron chi connectivity index (χ3n) is 3.34. The average molecular weight is 283 g/mol. The van der Waals surface area contributed by atoms with E-state index in [1.165, 1.54) is 6.07 Å². The van der Waals surface area contributed by atoms with E-state index in [4.69, 9.17) is 5.11 Å². The van der Waals surface area contributed by atoms with E-state index in [1.54, 1.807) is 18.2 Å². The van der Waals surface area contributed by atoms with Gasteiger partial charge in [-0.25, -0.2) is 4.79 Å². The van der Waals surface area contributed by atoms with Crippen LogP contribution in [-0.2, 0) is 4.79 Å². The number of hydrogen-bond acceptors (Lipinski definition) is 2. The number of carboxylic acid groups (broad SMARTS) is 1. The molecular formula is C17H17NO3. The Morgan fingerprint density at radius 2 is 1.67 bits per heavy atom. The van der Waals surface area contributed by atoms with Gasteiger partial charge in [0.05, 0.1) is 17.2 Å². The molecule has 0 aliphatic carbocycles. The highest BCUT2D eigenvalue weighted by atomic mass is 16.4. The average Bonchev–Trinajstić information content (AvgIpc) is 2.49. The first-order chi connectivity index (χ1) is 10.1. The number of benzene rings is 2. The van der Waals surface area contributed by atoms with Crippen molar-refractivity contribution in [3.63, 3.8) is 0 Å². The molecule has 4 nitrogen and oxygen atoms in total. The van der Waals surface area contributed by atoms with Crippen LogP contribution in [0.25, 0.3) is 0 Å². The quantitative estimate of drug-likeness (QED) is 0.882. The van der Waals surface area contributed by atoms with Gasteiger partial charge in [-0.3, -0.25) is 4.79 Å². The second-order valence-electron chi connectivity index (χ2n) is 4.71. The molecule has 0 unspecified atom stereocenters. The molecule has 0 radical (unpaired) electrons. The number of aromatic carboxylic acids is 1.